The molecule has 7 heteroatoms. The smallest absolute Gasteiger partial charge is 0.257 e. The summed E-state index contributed by atoms with van der Waals surface area (Å²) in [5, 5.41) is 6.97. The molecule has 1 aromatic heterocycles. The van der Waals surface area contributed by atoms with Crippen molar-refractivity contribution >= 4 is 45.6 Å². The first-order valence-electron chi connectivity index (χ1n) is 9.44. The summed E-state index contributed by atoms with van der Waals surface area (Å²) in [7, 11) is 0. The molecule has 2 aromatic carbocycles. The van der Waals surface area contributed by atoms with Gasteiger partial charge >= 0.3 is 0 Å². The van der Waals surface area contributed by atoms with Crippen molar-refractivity contribution in [3.05, 3.63) is 75.3 Å². The molecule has 0 spiro atoms. The lowest BCUT2D eigenvalue weighted by Crippen LogP contribution is -2.25. The first-order valence-corrected chi connectivity index (χ1v) is 10.6. The van der Waals surface area contributed by atoms with Gasteiger partial charge in [0.25, 0.3) is 5.91 Å². The van der Waals surface area contributed by atoms with Crippen molar-refractivity contribution in [2.24, 2.45) is 0 Å². The Bertz CT molecular complexity index is 1060. The second-order valence-electron chi connectivity index (χ2n) is 7.04. The van der Waals surface area contributed by atoms with Gasteiger partial charge in [0, 0.05) is 21.2 Å². The van der Waals surface area contributed by atoms with Gasteiger partial charge in [0.1, 0.15) is 0 Å². The molecule has 0 radical (unpaired) electrons. The monoisotopic (exact) mass is 425 g/mol. The van der Waals surface area contributed by atoms with E-state index in [1.807, 2.05) is 31.2 Å². The molecule has 0 aliphatic heterocycles. The lowest BCUT2D eigenvalue weighted by Gasteiger charge is -2.20. The third-order valence-corrected chi connectivity index (χ3v) is 6.30. The highest BCUT2D eigenvalue weighted by atomic mass is 35.5. The maximum absolute atomic E-state index is 12.9. The number of halogens is 1. The van der Waals surface area contributed by atoms with Crippen LogP contribution >= 0.6 is 22.9 Å². The highest BCUT2D eigenvalue weighted by molar-refractivity contribution is 7.16. The Hall–Kier alpha value is -2.70. The lowest BCUT2D eigenvalue weighted by molar-refractivity contribution is -0.117. The number of aryl methyl sites for hydroxylation is 2. The van der Waals surface area contributed by atoms with Crippen molar-refractivity contribution in [1.29, 1.82) is 0 Å². The number of carbonyl (C=O) groups is 2. The standard InChI is InChI=1S/C22H20ClN3O2S/c1-13-5-2-3-7-17(13)24-21(28)16-6-4-8-18-19(16)25-22(29-18)26-20(27)14-9-11-15(23)12-10-14/h2-3,5,7,9-12,16H,4,6,8H2,1H3,(H,24,28)(H,25,26,27). The topological polar surface area (TPSA) is 71.1 Å². The number of benzene rings is 2. The molecular weight excluding hydrogens is 406 g/mol. The van der Waals surface area contributed by atoms with E-state index in [4.69, 9.17) is 11.6 Å². The predicted molar refractivity (Wildman–Crippen MR) is 117 cm³/mol. The molecular formula is C22H20ClN3O2S. The Kier molecular flexibility index (Phi) is 5.65. The van der Waals surface area contributed by atoms with Crippen LogP contribution in [0.25, 0.3) is 0 Å². The Morgan fingerprint density at radius 2 is 1.86 bits per heavy atom. The van der Waals surface area contributed by atoms with Crippen LogP contribution in [-0.2, 0) is 11.2 Å². The van der Waals surface area contributed by atoms with Gasteiger partial charge in [0.2, 0.25) is 5.91 Å². The summed E-state index contributed by atoms with van der Waals surface area (Å²) in [5.74, 6) is -0.606. The second kappa shape index (κ2) is 8.35. The molecule has 0 saturated heterocycles. The number of hydrogen-bond acceptors (Lipinski definition) is 4. The molecule has 0 saturated carbocycles. The van der Waals surface area contributed by atoms with Gasteiger partial charge in [-0.25, -0.2) is 4.98 Å². The summed E-state index contributed by atoms with van der Waals surface area (Å²) in [4.78, 5) is 31.0. The average molecular weight is 426 g/mol. The molecule has 1 aliphatic rings. The SMILES string of the molecule is Cc1ccccc1NC(=O)C1CCCc2sc(NC(=O)c3ccc(Cl)cc3)nc21. The maximum Gasteiger partial charge on any atom is 0.257 e. The molecule has 29 heavy (non-hydrogen) atoms. The van der Waals surface area contributed by atoms with Gasteiger partial charge in [-0.3, -0.25) is 14.9 Å². The number of aromatic nitrogens is 1. The summed E-state index contributed by atoms with van der Waals surface area (Å²) in [6.45, 7) is 1.97. The Labute approximate surface area is 178 Å². The number of rotatable bonds is 4. The van der Waals surface area contributed by atoms with Gasteiger partial charge < -0.3 is 5.32 Å². The van der Waals surface area contributed by atoms with Crippen molar-refractivity contribution in [3.8, 4) is 0 Å². The molecule has 2 amide bonds. The van der Waals surface area contributed by atoms with Crippen molar-refractivity contribution < 1.29 is 9.59 Å². The van der Waals surface area contributed by atoms with E-state index in [0.717, 1.165) is 41.1 Å². The van der Waals surface area contributed by atoms with Gasteiger partial charge in [0.05, 0.1) is 11.6 Å². The normalized spacial score (nSPS) is 15.4. The molecule has 2 N–H and O–H groups in total. The summed E-state index contributed by atoms with van der Waals surface area (Å²) < 4.78 is 0. The number of carbonyl (C=O) groups excluding carboxylic acids is 2. The fraction of sp³-hybridized carbons (Fsp3) is 0.227. The molecule has 1 aliphatic carbocycles. The van der Waals surface area contributed by atoms with Crippen LogP contribution in [0.3, 0.4) is 0 Å². The van der Waals surface area contributed by atoms with E-state index in [1.54, 1.807) is 24.3 Å². The number of hydrogen-bond donors (Lipinski definition) is 2. The summed E-state index contributed by atoms with van der Waals surface area (Å²) >= 11 is 7.32. The second-order valence-corrected chi connectivity index (χ2v) is 8.56. The number of fused-ring (bicyclic) bond motifs is 1. The van der Waals surface area contributed by atoms with E-state index in [0.29, 0.717) is 15.7 Å². The van der Waals surface area contributed by atoms with Gasteiger partial charge in [-0.15, -0.1) is 11.3 Å². The first kappa shape index (κ1) is 19.6. The van der Waals surface area contributed by atoms with Crippen molar-refractivity contribution in [1.82, 2.24) is 4.98 Å². The van der Waals surface area contributed by atoms with Crippen molar-refractivity contribution in [2.75, 3.05) is 10.6 Å². The number of thiazole rings is 1. The van der Waals surface area contributed by atoms with Gasteiger partial charge in [0.15, 0.2) is 5.13 Å². The minimum Gasteiger partial charge on any atom is -0.325 e. The Balaban J connectivity index is 1.51. The van der Waals surface area contributed by atoms with Crippen LogP contribution in [0.1, 0.15) is 45.3 Å². The molecule has 148 valence electrons. The van der Waals surface area contributed by atoms with Crippen LogP contribution in [0.5, 0.6) is 0 Å². The third kappa shape index (κ3) is 4.33. The molecule has 1 atom stereocenters. The van der Waals surface area contributed by atoms with E-state index in [1.165, 1.54) is 11.3 Å². The number of nitrogens with one attached hydrogen (secondary N) is 2. The zero-order valence-electron chi connectivity index (χ0n) is 15.9. The zero-order valence-corrected chi connectivity index (χ0v) is 17.4. The van der Waals surface area contributed by atoms with Crippen LogP contribution in [0.4, 0.5) is 10.8 Å². The summed E-state index contributed by atoms with van der Waals surface area (Å²) in [5.41, 5.74) is 3.12. The van der Waals surface area contributed by atoms with E-state index >= 15 is 0 Å². The molecule has 4 rings (SSSR count). The Morgan fingerprint density at radius 1 is 1.10 bits per heavy atom. The fourth-order valence-corrected chi connectivity index (χ4v) is 4.62. The van der Waals surface area contributed by atoms with E-state index in [2.05, 4.69) is 15.6 Å². The van der Waals surface area contributed by atoms with E-state index in [9.17, 15) is 9.59 Å². The Morgan fingerprint density at radius 3 is 2.62 bits per heavy atom. The quantitative estimate of drug-likeness (QED) is 0.586. The fourth-order valence-electron chi connectivity index (χ4n) is 3.43. The molecule has 1 heterocycles. The average Bonchev–Trinajstić information content (AvgIpc) is 3.12. The molecule has 1 unspecified atom stereocenters. The van der Waals surface area contributed by atoms with Crippen LogP contribution in [0.15, 0.2) is 48.5 Å². The van der Waals surface area contributed by atoms with Crippen molar-refractivity contribution in [3.63, 3.8) is 0 Å². The summed E-state index contributed by atoms with van der Waals surface area (Å²) in [6, 6.07) is 14.4. The molecule has 5 nitrogen and oxygen atoms in total. The highest BCUT2D eigenvalue weighted by Crippen LogP contribution is 2.37. The number of amides is 2. The first-order chi connectivity index (χ1) is 14.0. The van der Waals surface area contributed by atoms with Crippen LogP contribution in [0.2, 0.25) is 5.02 Å². The molecule has 3 aromatic rings. The maximum atomic E-state index is 12.9. The number of nitrogens with zero attached hydrogens (tertiary/aromatic N) is 1. The van der Waals surface area contributed by atoms with Crippen LogP contribution in [0, 0.1) is 6.92 Å². The third-order valence-electron chi connectivity index (χ3n) is 5.00. The predicted octanol–water partition coefficient (Wildman–Crippen LogP) is 5.42. The molecule has 0 bridgehead atoms. The van der Waals surface area contributed by atoms with Gasteiger partial charge in [-0.1, -0.05) is 29.8 Å². The number of para-hydroxylation sites is 1. The minimum atomic E-state index is -0.309. The van der Waals surface area contributed by atoms with Crippen LogP contribution < -0.4 is 10.6 Å². The largest absolute Gasteiger partial charge is 0.325 e. The van der Waals surface area contributed by atoms with E-state index < -0.39 is 0 Å². The van der Waals surface area contributed by atoms with Gasteiger partial charge in [-0.05, 0) is 62.1 Å². The van der Waals surface area contributed by atoms with Gasteiger partial charge in [-0.2, -0.15) is 0 Å². The van der Waals surface area contributed by atoms with E-state index in [-0.39, 0.29) is 17.7 Å². The minimum absolute atomic E-state index is 0.0545. The molecule has 0 fully saturated rings. The van der Waals surface area contributed by atoms with Crippen LogP contribution in [-0.4, -0.2) is 16.8 Å². The highest BCUT2D eigenvalue weighted by Gasteiger charge is 2.30. The number of anilines is 2. The summed E-state index contributed by atoms with van der Waals surface area (Å²) in [6.07, 6.45) is 2.54. The lowest BCUT2D eigenvalue weighted by atomic mass is 9.90. The van der Waals surface area contributed by atoms with Crippen molar-refractivity contribution in [2.45, 2.75) is 32.1 Å². The zero-order chi connectivity index (χ0) is 20.4.